The molecule has 0 saturated heterocycles. The number of ether oxygens (including phenoxy) is 2. The number of phenolic OH excluding ortho intramolecular Hbond substituents is 2. The summed E-state index contributed by atoms with van der Waals surface area (Å²) in [6, 6.07) is 33.3. The lowest BCUT2D eigenvalue weighted by Gasteiger charge is -2.36. The second-order valence-electron chi connectivity index (χ2n) is 12.9. The van der Waals surface area contributed by atoms with Crippen LogP contribution in [-0.4, -0.2) is 86.4 Å². The molecule has 2 atom stereocenters. The molecule has 0 spiro atoms. The first-order valence-corrected chi connectivity index (χ1v) is 16.4. The molecular weight excluding hydrogens is 604 g/mol. The van der Waals surface area contributed by atoms with Crippen LogP contribution in [0.15, 0.2) is 109 Å². The third-order valence-electron chi connectivity index (χ3n) is 8.98. The summed E-state index contributed by atoms with van der Waals surface area (Å²) >= 11 is 0. The van der Waals surface area contributed by atoms with Gasteiger partial charge in [0.05, 0.1) is 10.8 Å². The number of carbonyl (C=O) groups is 2. The lowest BCUT2D eigenvalue weighted by Crippen LogP contribution is -2.39. The Morgan fingerprint density at radius 2 is 0.875 bits per heavy atom. The zero-order valence-corrected chi connectivity index (χ0v) is 28.5. The molecule has 254 valence electrons. The van der Waals surface area contributed by atoms with Crippen molar-refractivity contribution in [1.82, 2.24) is 9.80 Å². The van der Waals surface area contributed by atoms with Gasteiger partial charge < -0.3 is 29.5 Å². The topological polar surface area (TPSA) is 99.5 Å². The van der Waals surface area contributed by atoms with Crippen LogP contribution in [0.25, 0.3) is 0 Å². The highest BCUT2D eigenvalue weighted by Gasteiger charge is 2.41. The second-order valence-corrected chi connectivity index (χ2v) is 12.9. The maximum atomic E-state index is 13.5. The van der Waals surface area contributed by atoms with E-state index >= 15 is 0 Å². The second kappa shape index (κ2) is 16.9. The fourth-order valence-corrected chi connectivity index (χ4v) is 6.50. The Kier molecular flexibility index (Phi) is 12.8. The van der Waals surface area contributed by atoms with E-state index in [-0.39, 0.29) is 24.7 Å². The van der Waals surface area contributed by atoms with Crippen molar-refractivity contribution in [2.45, 2.75) is 36.5 Å². The van der Waals surface area contributed by atoms with Crippen molar-refractivity contribution in [2.75, 3.05) is 54.5 Å². The highest BCUT2D eigenvalue weighted by Crippen LogP contribution is 2.43. The maximum absolute atomic E-state index is 13.5. The SMILES string of the molecule is CN(C)CCCC(COC(=O)C(=O)OCC(CCCN(C)C)(c1ccccc1)c1ccccc1O)(c1ccccc1)c1ccccc1O. The fraction of sp³-hybridized carbons (Fsp3) is 0.350. The number of nitrogens with zero attached hydrogens (tertiary/aromatic N) is 2. The molecule has 0 aliphatic rings. The largest absolute Gasteiger partial charge is 0.508 e. The Morgan fingerprint density at radius 3 is 1.21 bits per heavy atom. The Labute approximate surface area is 284 Å². The third kappa shape index (κ3) is 8.82. The number of phenols is 2. The Hall–Kier alpha value is -4.66. The molecule has 0 aliphatic heterocycles. The van der Waals surface area contributed by atoms with Crippen LogP contribution in [-0.2, 0) is 29.9 Å². The number of para-hydroxylation sites is 2. The first-order valence-electron chi connectivity index (χ1n) is 16.4. The molecule has 0 aromatic heterocycles. The molecule has 0 amide bonds. The monoisotopic (exact) mass is 652 g/mol. The van der Waals surface area contributed by atoms with E-state index in [9.17, 15) is 19.8 Å². The molecule has 0 heterocycles. The minimum atomic E-state index is -1.12. The van der Waals surface area contributed by atoms with Gasteiger partial charge in [-0.2, -0.15) is 0 Å². The van der Waals surface area contributed by atoms with Gasteiger partial charge >= 0.3 is 11.9 Å². The highest BCUT2D eigenvalue weighted by atomic mass is 16.6. The molecule has 0 fully saturated rings. The van der Waals surface area contributed by atoms with Crippen LogP contribution in [0.1, 0.15) is 47.9 Å². The first-order chi connectivity index (χ1) is 23.1. The zero-order valence-electron chi connectivity index (χ0n) is 28.5. The van der Waals surface area contributed by atoms with Gasteiger partial charge in [0.1, 0.15) is 24.7 Å². The van der Waals surface area contributed by atoms with Crippen molar-refractivity contribution in [1.29, 1.82) is 0 Å². The molecule has 4 rings (SSSR count). The number of hydrogen-bond donors (Lipinski definition) is 2. The number of esters is 2. The molecule has 0 aliphatic carbocycles. The lowest BCUT2D eigenvalue weighted by molar-refractivity contribution is -0.169. The average molecular weight is 653 g/mol. The summed E-state index contributed by atoms with van der Waals surface area (Å²) < 4.78 is 11.6. The van der Waals surface area contributed by atoms with Crippen LogP contribution in [0, 0.1) is 0 Å². The van der Waals surface area contributed by atoms with Gasteiger partial charge in [-0.15, -0.1) is 0 Å². The summed E-state index contributed by atoms with van der Waals surface area (Å²) in [5.41, 5.74) is 1.09. The van der Waals surface area contributed by atoms with Gasteiger partial charge in [0.2, 0.25) is 0 Å². The molecule has 0 saturated carbocycles. The van der Waals surface area contributed by atoms with Crippen molar-refractivity contribution in [3.05, 3.63) is 131 Å². The summed E-state index contributed by atoms with van der Waals surface area (Å²) in [6.45, 7) is 1.20. The molecule has 48 heavy (non-hydrogen) atoms. The number of benzene rings is 4. The van der Waals surface area contributed by atoms with Crippen molar-refractivity contribution in [3.8, 4) is 11.5 Å². The van der Waals surface area contributed by atoms with Crippen molar-refractivity contribution >= 4 is 11.9 Å². The minimum absolute atomic E-state index is 0.0814. The summed E-state index contributed by atoms with van der Waals surface area (Å²) in [5.74, 6) is -2.08. The predicted molar refractivity (Wildman–Crippen MR) is 188 cm³/mol. The predicted octanol–water partition coefficient (Wildman–Crippen LogP) is 6.14. The van der Waals surface area contributed by atoms with E-state index in [0.29, 0.717) is 24.0 Å². The summed E-state index contributed by atoms with van der Waals surface area (Å²) in [7, 11) is 7.97. The van der Waals surface area contributed by atoms with Crippen LogP contribution >= 0.6 is 0 Å². The van der Waals surface area contributed by atoms with E-state index < -0.39 is 22.8 Å². The van der Waals surface area contributed by atoms with Crippen LogP contribution in [0.5, 0.6) is 11.5 Å². The summed E-state index contributed by atoms with van der Waals surface area (Å²) in [5, 5.41) is 22.1. The molecule has 0 radical (unpaired) electrons. The molecule has 8 nitrogen and oxygen atoms in total. The van der Waals surface area contributed by atoms with Gasteiger partial charge in [-0.3, -0.25) is 0 Å². The van der Waals surface area contributed by atoms with E-state index in [1.54, 1.807) is 24.3 Å². The van der Waals surface area contributed by atoms with Crippen molar-refractivity contribution < 1.29 is 29.3 Å². The summed E-state index contributed by atoms with van der Waals surface area (Å²) in [4.78, 5) is 31.1. The molecular formula is C40H48N2O6. The van der Waals surface area contributed by atoms with Crippen LogP contribution in [0.4, 0.5) is 0 Å². The number of rotatable bonds is 16. The van der Waals surface area contributed by atoms with Gasteiger partial charge in [0, 0.05) is 11.1 Å². The third-order valence-corrected chi connectivity index (χ3v) is 8.98. The number of carbonyl (C=O) groups excluding carboxylic acids is 2. The van der Waals surface area contributed by atoms with Gasteiger partial charge in [-0.1, -0.05) is 97.1 Å². The molecule has 0 bridgehead atoms. The molecule has 2 unspecified atom stereocenters. The Morgan fingerprint density at radius 1 is 0.542 bits per heavy atom. The minimum Gasteiger partial charge on any atom is -0.508 e. The summed E-state index contributed by atoms with van der Waals surface area (Å²) in [6.07, 6.45) is 2.58. The molecule has 4 aromatic carbocycles. The average Bonchev–Trinajstić information content (AvgIpc) is 3.09. The van der Waals surface area contributed by atoms with Crippen LogP contribution in [0.3, 0.4) is 0 Å². The van der Waals surface area contributed by atoms with Crippen LogP contribution in [0.2, 0.25) is 0 Å². The fourth-order valence-electron chi connectivity index (χ4n) is 6.50. The quantitative estimate of drug-likeness (QED) is 0.110. The highest BCUT2D eigenvalue weighted by molar-refractivity contribution is 6.29. The molecule has 2 N–H and O–H groups in total. The molecule has 8 heteroatoms. The van der Waals surface area contributed by atoms with E-state index in [2.05, 4.69) is 9.80 Å². The van der Waals surface area contributed by atoms with Gasteiger partial charge in [0.25, 0.3) is 0 Å². The molecule has 4 aromatic rings. The number of hydrogen-bond acceptors (Lipinski definition) is 8. The number of aromatic hydroxyl groups is 2. The normalized spacial score (nSPS) is 13.9. The van der Waals surface area contributed by atoms with Crippen LogP contribution < -0.4 is 0 Å². The van der Waals surface area contributed by atoms with E-state index in [0.717, 1.165) is 37.1 Å². The van der Waals surface area contributed by atoms with Gasteiger partial charge in [-0.05, 0) is 90.2 Å². The zero-order chi connectivity index (χ0) is 34.6. The lowest BCUT2D eigenvalue weighted by atomic mass is 9.71. The smallest absolute Gasteiger partial charge is 0.417 e. The van der Waals surface area contributed by atoms with E-state index in [1.807, 2.05) is 113 Å². The maximum Gasteiger partial charge on any atom is 0.417 e. The Bertz CT molecular complexity index is 1490. The standard InChI is InChI=1S/C40H48N2O6/c1-41(2)27-15-25-39(31-17-7-5-8-18-31,33-21-11-13-23-35(33)43)29-47-37(45)38(46)48-30-40(26-16-28-42(3)4,32-19-9-6-10-20-32)34-22-12-14-24-36(34)44/h5-14,17-24,43-44H,15-16,25-30H2,1-4H3. The van der Waals surface area contributed by atoms with E-state index in [4.69, 9.17) is 9.47 Å². The van der Waals surface area contributed by atoms with Gasteiger partial charge in [0.15, 0.2) is 0 Å². The van der Waals surface area contributed by atoms with Crippen molar-refractivity contribution in [3.63, 3.8) is 0 Å². The Balaban J connectivity index is 1.63. The van der Waals surface area contributed by atoms with Crippen molar-refractivity contribution in [2.24, 2.45) is 0 Å². The van der Waals surface area contributed by atoms with E-state index in [1.165, 1.54) is 0 Å². The first kappa shape index (κ1) is 36.2. The van der Waals surface area contributed by atoms with Gasteiger partial charge in [-0.25, -0.2) is 9.59 Å².